The maximum Gasteiger partial charge on any atom is 0.0367 e. The lowest BCUT2D eigenvalue weighted by molar-refractivity contribution is 0.287. The topological polar surface area (TPSA) is 24.9 Å². The molecule has 0 amide bonds. The molecule has 0 bridgehead atoms. The highest BCUT2D eigenvalue weighted by molar-refractivity contribution is 5.17. The summed E-state index contributed by atoms with van der Waals surface area (Å²) in [4.78, 5) is 4.02. The lowest BCUT2D eigenvalue weighted by atomic mass is 9.83. The first-order valence-corrected chi connectivity index (χ1v) is 4.63. The Labute approximate surface area is 80.4 Å². The zero-order valence-electron chi connectivity index (χ0n) is 8.83. The number of nitrogens with zero attached hydrogens (tertiary/aromatic N) is 1. The third-order valence-corrected chi connectivity index (χ3v) is 2.19. The predicted octanol–water partition coefficient (Wildman–Crippen LogP) is 2.39. The van der Waals surface area contributed by atoms with Crippen LogP contribution in [0.15, 0.2) is 24.5 Å². The standard InChI is InChI=1S/C11H18N2/c1-11(2,3)10(12-4)9-5-7-13-8-6-9/h5-8,10,12H,1-4H3. The average Bonchev–Trinajstić information content (AvgIpc) is 2.05. The van der Waals surface area contributed by atoms with Crippen molar-refractivity contribution < 1.29 is 0 Å². The van der Waals surface area contributed by atoms with Crippen LogP contribution >= 0.6 is 0 Å². The van der Waals surface area contributed by atoms with Crippen LogP contribution in [0.5, 0.6) is 0 Å². The zero-order chi connectivity index (χ0) is 9.90. The molecule has 0 saturated carbocycles. The van der Waals surface area contributed by atoms with E-state index < -0.39 is 0 Å². The Bertz CT molecular complexity index is 249. The van der Waals surface area contributed by atoms with Crippen molar-refractivity contribution in [3.05, 3.63) is 30.1 Å². The van der Waals surface area contributed by atoms with Crippen LogP contribution in [0.4, 0.5) is 0 Å². The van der Waals surface area contributed by atoms with E-state index in [1.54, 1.807) is 0 Å². The maximum atomic E-state index is 4.02. The first-order valence-electron chi connectivity index (χ1n) is 4.63. The van der Waals surface area contributed by atoms with Gasteiger partial charge in [0.2, 0.25) is 0 Å². The van der Waals surface area contributed by atoms with Crippen LogP contribution in [0, 0.1) is 5.41 Å². The fourth-order valence-corrected chi connectivity index (χ4v) is 1.66. The minimum absolute atomic E-state index is 0.232. The minimum Gasteiger partial charge on any atom is -0.313 e. The summed E-state index contributed by atoms with van der Waals surface area (Å²) in [5, 5.41) is 3.33. The van der Waals surface area contributed by atoms with Gasteiger partial charge in [-0.3, -0.25) is 4.98 Å². The molecule has 1 atom stereocenters. The van der Waals surface area contributed by atoms with Crippen molar-refractivity contribution in [2.75, 3.05) is 7.05 Å². The van der Waals surface area contributed by atoms with Gasteiger partial charge in [-0.1, -0.05) is 20.8 Å². The highest BCUT2D eigenvalue weighted by Gasteiger charge is 2.23. The van der Waals surface area contributed by atoms with Crippen LogP contribution in [-0.4, -0.2) is 12.0 Å². The molecule has 0 aliphatic rings. The molecule has 0 spiro atoms. The van der Waals surface area contributed by atoms with E-state index in [2.05, 4.69) is 43.2 Å². The summed E-state index contributed by atoms with van der Waals surface area (Å²) in [7, 11) is 2.00. The molecule has 1 aromatic heterocycles. The Kier molecular flexibility index (Phi) is 3.04. The molecule has 2 heteroatoms. The Balaban J connectivity index is 2.92. The molecule has 1 rings (SSSR count). The summed E-state index contributed by atoms with van der Waals surface area (Å²) in [6, 6.07) is 4.51. The van der Waals surface area contributed by atoms with E-state index in [1.165, 1.54) is 5.56 Å². The van der Waals surface area contributed by atoms with E-state index in [9.17, 15) is 0 Å². The highest BCUT2D eigenvalue weighted by Crippen LogP contribution is 2.31. The van der Waals surface area contributed by atoms with E-state index in [0.29, 0.717) is 6.04 Å². The van der Waals surface area contributed by atoms with Crippen LogP contribution in [0.3, 0.4) is 0 Å². The number of hydrogen-bond acceptors (Lipinski definition) is 2. The van der Waals surface area contributed by atoms with Gasteiger partial charge < -0.3 is 5.32 Å². The van der Waals surface area contributed by atoms with Gasteiger partial charge in [0.1, 0.15) is 0 Å². The van der Waals surface area contributed by atoms with E-state index in [0.717, 1.165) is 0 Å². The Morgan fingerprint density at radius 3 is 2.15 bits per heavy atom. The van der Waals surface area contributed by atoms with Gasteiger partial charge in [0.15, 0.2) is 0 Å². The van der Waals surface area contributed by atoms with Crippen LogP contribution in [0.25, 0.3) is 0 Å². The van der Waals surface area contributed by atoms with Gasteiger partial charge in [0.25, 0.3) is 0 Å². The van der Waals surface area contributed by atoms with Crippen LogP contribution in [-0.2, 0) is 0 Å². The van der Waals surface area contributed by atoms with Gasteiger partial charge in [-0.15, -0.1) is 0 Å². The van der Waals surface area contributed by atoms with E-state index in [1.807, 2.05) is 19.4 Å². The van der Waals surface area contributed by atoms with Crippen molar-refractivity contribution in [2.24, 2.45) is 5.41 Å². The molecular weight excluding hydrogens is 160 g/mol. The van der Waals surface area contributed by atoms with E-state index in [-0.39, 0.29) is 5.41 Å². The lowest BCUT2D eigenvalue weighted by Crippen LogP contribution is -2.29. The van der Waals surface area contributed by atoms with E-state index >= 15 is 0 Å². The van der Waals surface area contributed by atoms with Crippen LogP contribution in [0.2, 0.25) is 0 Å². The van der Waals surface area contributed by atoms with Gasteiger partial charge in [-0.25, -0.2) is 0 Å². The number of pyridine rings is 1. The third-order valence-electron chi connectivity index (χ3n) is 2.19. The Morgan fingerprint density at radius 2 is 1.77 bits per heavy atom. The van der Waals surface area contributed by atoms with E-state index in [4.69, 9.17) is 0 Å². The zero-order valence-corrected chi connectivity index (χ0v) is 8.83. The molecule has 0 aliphatic heterocycles. The van der Waals surface area contributed by atoms with Crippen molar-refractivity contribution in [3.8, 4) is 0 Å². The van der Waals surface area contributed by atoms with Gasteiger partial charge in [0.05, 0.1) is 0 Å². The van der Waals surface area contributed by atoms with Gasteiger partial charge in [-0.2, -0.15) is 0 Å². The SMILES string of the molecule is CNC(c1ccncc1)C(C)(C)C. The van der Waals surface area contributed by atoms with Crippen LogP contribution in [0.1, 0.15) is 32.4 Å². The first kappa shape index (κ1) is 10.2. The fourth-order valence-electron chi connectivity index (χ4n) is 1.66. The molecule has 1 unspecified atom stereocenters. The minimum atomic E-state index is 0.232. The second-order valence-electron chi connectivity index (χ2n) is 4.37. The summed E-state index contributed by atoms with van der Waals surface area (Å²) >= 11 is 0. The van der Waals surface area contributed by atoms with Gasteiger partial charge >= 0.3 is 0 Å². The van der Waals surface area contributed by atoms with Crippen molar-refractivity contribution in [2.45, 2.75) is 26.8 Å². The highest BCUT2D eigenvalue weighted by atomic mass is 14.9. The van der Waals surface area contributed by atoms with Crippen molar-refractivity contribution in [1.82, 2.24) is 10.3 Å². The number of aromatic nitrogens is 1. The van der Waals surface area contributed by atoms with Gasteiger partial charge in [0, 0.05) is 18.4 Å². The molecule has 1 N–H and O–H groups in total. The van der Waals surface area contributed by atoms with Gasteiger partial charge in [-0.05, 0) is 30.2 Å². The Morgan fingerprint density at radius 1 is 1.23 bits per heavy atom. The molecule has 72 valence electrons. The molecule has 0 saturated heterocycles. The van der Waals surface area contributed by atoms with Crippen molar-refractivity contribution >= 4 is 0 Å². The summed E-state index contributed by atoms with van der Waals surface area (Å²) in [6.45, 7) is 6.69. The number of hydrogen-bond donors (Lipinski definition) is 1. The quantitative estimate of drug-likeness (QED) is 0.752. The molecular formula is C11H18N2. The average molecular weight is 178 g/mol. The van der Waals surface area contributed by atoms with Crippen molar-refractivity contribution in [3.63, 3.8) is 0 Å². The fraction of sp³-hybridized carbons (Fsp3) is 0.545. The number of nitrogens with one attached hydrogen (secondary N) is 1. The maximum absolute atomic E-state index is 4.02. The Hall–Kier alpha value is -0.890. The largest absolute Gasteiger partial charge is 0.313 e. The molecule has 0 aliphatic carbocycles. The molecule has 1 heterocycles. The molecule has 0 fully saturated rings. The second kappa shape index (κ2) is 3.88. The number of rotatable bonds is 2. The molecule has 2 nitrogen and oxygen atoms in total. The molecule has 13 heavy (non-hydrogen) atoms. The second-order valence-corrected chi connectivity index (χ2v) is 4.37. The molecule has 0 aromatic carbocycles. The summed E-state index contributed by atoms with van der Waals surface area (Å²) < 4.78 is 0. The molecule has 1 aromatic rings. The predicted molar refractivity (Wildman–Crippen MR) is 55.5 cm³/mol. The molecule has 0 radical (unpaired) electrons. The van der Waals surface area contributed by atoms with Crippen LogP contribution < -0.4 is 5.32 Å². The summed E-state index contributed by atoms with van der Waals surface area (Å²) in [6.07, 6.45) is 3.68. The van der Waals surface area contributed by atoms with Crippen molar-refractivity contribution in [1.29, 1.82) is 0 Å². The smallest absolute Gasteiger partial charge is 0.0367 e. The monoisotopic (exact) mass is 178 g/mol. The summed E-state index contributed by atoms with van der Waals surface area (Å²) in [5.74, 6) is 0. The summed E-state index contributed by atoms with van der Waals surface area (Å²) in [5.41, 5.74) is 1.53. The normalized spacial score (nSPS) is 14.2. The first-order chi connectivity index (χ1) is 6.05. The lowest BCUT2D eigenvalue weighted by Gasteiger charge is -2.30. The third kappa shape index (κ3) is 2.52.